The molecular formula is C9H11BrFNO2S. The van der Waals surface area contributed by atoms with Crippen LogP contribution in [0.1, 0.15) is 34.2 Å². The van der Waals surface area contributed by atoms with E-state index in [1.54, 1.807) is 5.38 Å². The first kappa shape index (κ1) is 12.6. The molecule has 0 amide bonds. The van der Waals surface area contributed by atoms with Gasteiger partial charge in [-0.15, -0.1) is 11.3 Å². The average Bonchev–Trinajstić information content (AvgIpc) is 2.62. The fourth-order valence-electron chi connectivity index (χ4n) is 0.896. The molecule has 0 radical (unpaired) electrons. The van der Waals surface area contributed by atoms with Crippen molar-refractivity contribution >= 4 is 33.2 Å². The molecule has 0 bridgehead atoms. The smallest absolute Gasteiger partial charge is 0.357 e. The average molecular weight is 296 g/mol. The van der Waals surface area contributed by atoms with Crippen LogP contribution in [0.5, 0.6) is 0 Å². The number of aromatic nitrogens is 1. The number of thiazole rings is 1. The molecule has 0 spiro atoms. The van der Waals surface area contributed by atoms with Gasteiger partial charge in [-0.1, -0.05) is 15.9 Å². The summed E-state index contributed by atoms with van der Waals surface area (Å²) < 4.78 is 18.1. The molecule has 1 aromatic heterocycles. The number of nitrogens with zero attached hydrogens (tertiary/aromatic N) is 1. The summed E-state index contributed by atoms with van der Waals surface area (Å²) in [5.74, 6) is -0.506. The maximum Gasteiger partial charge on any atom is 0.357 e. The van der Waals surface area contributed by atoms with E-state index in [1.807, 2.05) is 0 Å². The van der Waals surface area contributed by atoms with Crippen molar-refractivity contribution < 1.29 is 13.9 Å². The SMILES string of the molecule is COC(=O)c1csc(C(Br)C(C)(C)F)n1. The molecule has 1 unspecified atom stereocenters. The number of methoxy groups -OCH3 is 1. The van der Waals surface area contributed by atoms with Gasteiger partial charge in [0, 0.05) is 5.38 Å². The Kier molecular flexibility index (Phi) is 3.83. The van der Waals surface area contributed by atoms with Crippen LogP contribution in [0, 0.1) is 0 Å². The highest BCUT2D eigenvalue weighted by Crippen LogP contribution is 2.38. The number of carbonyl (C=O) groups excluding carboxylic acids is 1. The van der Waals surface area contributed by atoms with E-state index in [-0.39, 0.29) is 5.69 Å². The van der Waals surface area contributed by atoms with Crippen LogP contribution in [-0.4, -0.2) is 23.7 Å². The Labute approximate surface area is 99.8 Å². The van der Waals surface area contributed by atoms with Crippen molar-refractivity contribution in [2.45, 2.75) is 24.3 Å². The van der Waals surface area contributed by atoms with E-state index in [0.717, 1.165) is 0 Å². The van der Waals surface area contributed by atoms with E-state index < -0.39 is 16.5 Å². The number of alkyl halides is 2. The van der Waals surface area contributed by atoms with Gasteiger partial charge in [0.1, 0.15) is 10.7 Å². The minimum absolute atomic E-state index is 0.214. The molecule has 15 heavy (non-hydrogen) atoms. The zero-order chi connectivity index (χ0) is 11.6. The molecule has 0 aliphatic rings. The van der Waals surface area contributed by atoms with E-state index in [4.69, 9.17) is 0 Å². The van der Waals surface area contributed by atoms with Gasteiger partial charge in [-0.05, 0) is 13.8 Å². The second kappa shape index (κ2) is 4.57. The summed E-state index contributed by atoms with van der Waals surface area (Å²) in [7, 11) is 1.28. The molecule has 0 N–H and O–H groups in total. The number of hydrogen-bond acceptors (Lipinski definition) is 4. The van der Waals surface area contributed by atoms with Gasteiger partial charge in [0.25, 0.3) is 0 Å². The monoisotopic (exact) mass is 295 g/mol. The Morgan fingerprint density at radius 3 is 2.80 bits per heavy atom. The summed E-state index contributed by atoms with van der Waals surface area (Å²) in [6, 6.07) is 0. The fraction of sp³-hybridized carbons (Fsp3) is 0.556. The summed E-state index contributed by atoms with van der Waals surface area (Å²) >= 11 is 4.44. The molecule has 1 atom stereocenters. The van der Waals surface area contributed by atoms with Gasteiger partial charge in [-0.25, -0.2) is 14.2 Å². The van der Waals surface area contributed by atoms with Crippen molar-refractivity contribution in [3.8, 4) is 0 Å². The highest BCUT2D eigenvalue weighted by atomic mass is 79.9. The third-order valence-corrected chi connectivity index (χ3v) is 4.47. The molecule has 0 aliphatic carbocycles. The summed E-state index contributed by atoms with van der Waals surface area (Å²) in [4.78, 5) is 14.6. The number of ether oxygens (including phenoxy) is 1. The molecule has 3 nitrogen and oxygen atoms in total. The van der Waals surface area contributed by atoms with Gasteiger partial charge >= 0.3 is 5.97 Å². The topological polar surface area (TPSA) is 39.2 Å². The number of carbonyl (C=O) groups is 1. The first-order chi connectivity index (χ1) is 6.86. The van der Waals surface area contributed by atoms with E-state index >= 15 is 0 Å². The molecule has 0 fully saturated rings. The summed E-state index contributed by atoms with van der Waals surface area (Å²) in [6.07, 6.45) is 0. The van der Waals surface area contributed by atoms with Gasteiger partial charge in [0.15, 0.2) is 5.69 Å². The van der Waals surface area contributed by atoms with Crippen molar-refractivity contribution in [1.82, 2.24) is 4.98 Å². The third kappa shape index (κ3) is 2.98. The Morgan fingerprint density at radius 2 is 2.33 bits per heavy atom. The van der Waals surface area contributed by atoms with Crippen molar-refractivity contribution in [3.05, 3.63) is 16.1 Å². The molecule has 84 valence electrons. The minimum Gasteiger partial charge on any atom is -0.464 e. The Hall–Kier alpha value is -0.490. The minimum atomic E-state index is -1.43. The van der Waals surface area contributed by atoms with Gasteiger partial charge in [0.2, 0.25) is 0 Å². The van der Waals surface area contributed by atoms with Crippen LogP contribution in [0.2, 0.25) is 0 Å². The molecular weight excluding hydrogens is 285 g/mol. The van der Waals surface area contributed by atoms with E-state index in [1.165, 1.54) is 32.3 Å². The lowest BCUT2D eigenvalue weighted by Gasteiger charge is -2.18. The van der Waals surface area contributed by atoms with E-state index in [9.17, 15) is 9.18 Å². The summed E-state index contributed by atoms with van der Waals surface area (Å²) in [5.41, 5.74) is -1.21. The lowest BCUT2D eigenvalue weighted by atomic mass is 10.1. The van der Waals surface area contributed by atoms with Crippen molar-refractivity contribution in [1.29, 1.82) is 0 Å². The molecule has 1 heterocycles. The lowest BCUT2D eigenvalue weighted by molar-refractivity contribution is 0.0594. The zero-order valence-corrected chi connectivity index (χ0v) is 11.0. The maximum absolute atomic E-state index is 13.6. The molecule has 6 heteroatoms. The van der Waals surface area contributed by atoms with Crippen LogP contribution in [-0.2, 0) is 4.74 Å². The largest absolute Gasteiger partial charge is 0.464 e. The predicted molar refractivity (Wildman–Crippen MR) is 60.3 cm³/mol. The Balaban J connectivity index is 2.89. The first-order valence-electron chi connectivity index (χ1n) is 4.23. The molecule has 0 aromatic carbocycles. The normalized spacial score (nSPS) is 13.7. The van der Waals surface area contributed by atoms with Crippen LogP contribution in [0.3, 0.4) is 0 Å². The van der Waals surface area contributed by atoms with Crippen LogP contribution < -0.4 is 0 Å². The van der Waals surface area contributed by atoms with Gasteiger partial charge in [-0.2, -0.15) is 0 Å². The van der Waals surface area contributed by atoms with Crippen LogP contribution >= 0.6 is 27.3 Å². The number of hydrogen-bond donors (Lipinski definition) is 0. The standard InChI is InChI=1S/C9H11BrFNO2S/c1-9(2,11)6(10)7-12-5(4-15-7)8(13)14-3/h4,6H,1-3H3. The van der Waals surface area contributed by atoms with Gasteiger partial charge < -0.3 is 4.74 Å². The van der Waals surface area contributed by atoms with E-state index in [2.05, 4.69) is 25.7 Å². The van der Waals surface area contributed by atoms with Crippen molar-refractivity contribution in [2.75, 3.05) is 7.11 Å². The second-order valence-corrected chi connectivity index (χ2v) is 5.29. The van der Waals surface area contributed by atoms with Crippen LogP contribution in [0.4, 0.5) is 4.39 Å². The van der Waals surface area contributed by atoms with Crippen LogP contribution in [0.25, 0.3) is 0 Å². The quantitative estimate of drug-likeness (QED) is 0.635. The highest BCUT2D eigenvalue weighted by Gasteiger charge is 2.31. The highest BCUT2D eigenvalue weighted by molar-refractivity contribution is 9.09. The summed E-state index contributed by atoms with van der Waals surface area (Å²) in [5, 5.41) is 2.09. The molecule has 0 saturated heterocycles. The fourth-order valence-corrected chi connectivity index (χ4v) is 2.25. The number of halogens is 2. The first-order valence-corrected chi connectivity index (χ1v) is 6.02. The third-order valence-electron chi connectivity index (χ3n) is 1.74. The van der Waals surface area contributed by atoms with Crippen LogP contribution in [0.15, 0.2) is 5.38 Å². The predicted octanol–water partition coefficient (Wildman–Crippen LogP) is 3.11. The number of rotatable bonds is 3. The molecule has 0 aliphatic heterocycles. The summed E-state index contributed by atoms with van der Waals surface area (Å²) in [6.45, 7) is 2.90. The second-order valence-electron chi connectivity index (χ2n) is 3.49. The molecule has 1 aromatic rings. The van der Waals surface area contributed by atoms with Gasteiger partial charge in [0.05, 0.1) is 11.9 Å². The molecule has 0 saturated carbocycles. The number of esters is 1. The van der Waals surface area contributed by atoms with E-state index in [0.29, 0.717) is 5.01 Å². The molecule has 1 rings (SSSR count). The zero-order valence-electron chi connectivity index (χ0n) is 8.58. The Bertz CT molecular complexity index is 361. The Morgan fingerprint density at radius 1 is 1.73 bits per heavy atom. The maximum atomic E-state index is 13.6. The van der Waals surface area contributed by atoms with Crippen molar-refractivity contribution in [3.63, 3.8) is 0 Å². The van der Waals surface area contributed by atoms with Crippen molar-refractivity contribution in [2.24, 2.45) is 0 Å². The lowest BCUT2D eigenvalue weighted by Crippen LogP contribution is -2.19. The van der Waals surface area contributed by atoms with Gasteiger partial charge in [-0.3, -0.25) is 0 Å².